The summed E-state index contributed by atoms with van der Waals surface area (Å²) in [6, 6.07) is 8.28. The fourth-order valence-corrected chi connectivity index (χ4v) is 4.14. The van der Waals surface area contributed by atoms with Crippen molar-refractivity contribution in [2.24, 2.45) is 0 Å². The number of rotatable bonds is 6. The highest BCUT2D eigenvalue weighted by Gasteiger charge is 2.52. The highest BCUT2D eigenvalue weighted by Crippen LogP contribution is 2.47. The molecule has 144 valence electrons. The molecule has 1 atom stereocenters. The topological polar surface area (TPSA) is 43.8 Å². The van der Waals surface area contributed by atoms with Crippen LogP contribution in [0.25, 0.3) is 0 Å². The molecule has 1 aliphatic heterocycles. The zero-order valence-electron chi connectivity index (χ0n) is 15.2. The van der Waals surface area contributed by atoms with Crippen LogP contribution >= 0.6 is 15.9 Å². The molecule has 1 aliphatic rings. The number of likely N-dealkylation sites (N-methyl/N-ethyl adjacent to an activating group) is 1. The Hall–Kier alpha value is -1.83. The van der Waals surface area contributed by atoms with Crippen molar-refractivity contribution in [1.82, 2.24) is 4.90 Å². The SMILES string of the molecule is CCN(CC)CCN1C(=O)C(O)(c2ccc(F)c(F)c2)c2c(Br)cccc21. The Labute approximate surface area is 165 Å². The van der Waals surface area contributed by atoms with Crippen LogP contribution in [0.5, 0.6) is 0 Å². The van der Waals surface area contributed by atoms with Crippen molar-refractivity contribution >= 4 is 27.5 Å². The Bertz CT molecular complexity index is 873. The van der Waals surface area contributed by atoms with E-state index in [9.17, 15) is 18.7 Å². The molecule has 1 N–H and O–H groups in total. The van der Waals surface area contributed by atoms with Gasteiger partial charge >= 0.3 is 0 Å². The molecule has 4 nitrogen and oxygen atoms in total. The first-order valence-electron chi connectivity index (χ1n) is 8.85. The Balaban J connectivity index is 2.08. The first-order chi connectivity index (χ1) is 12.8. The molecule has 2 aromatic rings. The minimum atomic E-state index is -2.08. The van der Waals surface area contributed by atoms with Gasteiger partial charge in [0.2, 0.25) is 0 Å². The van der Waals surface area contributed by atoms with Gasteiger partial charge in [-0.2, -0.15) is 0 Å². The lowest BCUT2D eigenvalue weighted by molar-refractivity contribution is -0.132. The summed E-state index contributed by atoms with van der Waals surface area (Å²) in [5.74, 6) is -2.70. The van der Waals surface area contributed by atoms with Crippen LogP contribution in [0.2, 0.25) is 0 Å². The molecule has 1 unspecified atom stereocenters. The normalized spacial score (nSPS) is 19.1. The van der Waals surface area contributed by atoms with E-state index in [0.29, 0.717) is 28.8 Å². The third-order valence-corrected chi connectivity index (χ3v) is 5.73. The van der Waals surface area contributed by atoms with Crippen LogP contribution in [0.1, 0.15) is 25.0 Å². The number of anilines is 1. The molecule has 2 aromatic carbocycles. The molecule has 0 saturated heterocycles. The molecule has 0 radical (unpaired) electrons. The Kier molecular flexibility index (Phi) is 5.65. The Morgan fingerprint density at radius 1 is 1.15 bits per heavy atom. The van der Waals surface area contributed by atoms with Crippen molar-refractivity contribution in [1.29, 1.82) is 0 Å². The lowest BCUT2D eigenvalue weighted by Gasteiger charge is -2.26. The van der Waals surface area contributed by atoms with E-state index in [1.54, 1.807) is 18.2 Å². The summed E-state index contributed by atoms with van der Waals surface area (Å²) in [5, 5.41) is 11.4. The van der Waals surface area contributed by atoms with Gasteiger partial charge in [-0.15, -0.1) is 0 Å². The first kappa shape index (κ1) is 19.9. The minimum absolute atomic E-state index is 0.00453. The fourth-order valence-electron chi connectivity index (χ4n) is 3.50. The van der Waals surface area contributed by atoms with Crippen molar-refractivity contribution in [3.63, 3.8) is 0 Å². The van der Waals surface area contributed by atoms with Crippen LogP contribution in [0.15, 0.2) is 40.9 Å². The van der Waals surface area contributed by atoms with Crippen LogP contribution in [0.3, 0.4) is 0 Å². The van der Waals surface area contributed by atoms with E-state index in [1.807, 2.05) is 13.8 Å². The van der Waals surface area contributed by atoms with Gasteiger partial charge in [-0.25, -0.2) is 8.78 Å². The summed E-state index contributed by atoms with van der Waals surface area (Å²) in [6.45, 7) is 6.79. The highest BCUT2D eigenvalue weighted by molar-refractivity contribution is 9.10. The van der Waals surface area contributed by atoms with E-state index in [-0.39, 0.29) is 5.56 Å². The summed E-state index contributed by atoms with van der Waals surface area (Å²) in [5.41, 5.74) is -1.16. The lowest BCUT2D eigenvalue weighted by atomic mass is 9.87. The third-order valence-electron chi connectivity index (χ3n) is 5.07. The first-order valence-corrected chi connectivity index (χ1v) is 9.65. The van der Waals surface area contributed by atoms with E-state index in [2.05, 4.69) is 20.8 Å². The molecule has 0 spiro atoms. The molecule has 1 heterocycles. The van der Waals surface area contributed by atoms with Gasteiger partial charge in [0.15, 0.2) is 17.2 Å². The molecule has 7 heteroatoms. The minimum Gasteiger partial charge on any atom is -0.372 e. The second-order valence-corrected chi connectivity index (χ2v) is 7.31. The fraction of sp³-hybridized carbons (Fsp3) is 0.350. The zero-order valence-corrected chi connectivity index (χ0v) is 16.8. The molecule has 0 fully saturated rings. The van der Waals surface area contributed by atoms with Gasteiger partial charge in [0.05, 0.1) is 5.69 Å². The monoisotopic (exact) mass is 438 g/mol. The predicted molar refractivity (Wildman–Crippen MR) is 104 cm³/mol. The number of aliphatic hydroxyl groups is 1. The maximum atomic E-state index is 13.8. The van der Waals surface area contributed by atoms with Crippen LogP contribution in [0.4, 0.5) is 14.5 Å². The number of carbonyl (C=O) groups excluding carboxylic acids is 1. The van der Waals surface area contributed by atoms with Crippen LogP contribution in [0, 0.1) is 11.6 Å². The molecular formula is C20H21BrF2N2O2. The number of amides is 1. The smallest absolute Gasteiger partial charge is 0.268 e. The van der Waals surface area contributed by atoms with Crippen molar-refractivity contribution < 1.29 is 18.7 Å². The number of hydrogen-bond acceptors (Lipinski definition) is 3. The number of benzene rings is 2. The van der Waals surface area contributed by atoms with E-state index in [1.165, 1.54) is 11.0 Å². The zero-order chi connectivity index (χ0) is 19.8. The van der Waals surface area contributed by atoms with Gasteiger partial charge in [-0.1, -0.05) is 41.9 Å². The number of carbonyl (C=O) groups is 1. The Morgan fingerprint density at radius 3 is 2.48 bits per heavy atom. The van der Waals surface area contributed by atoms with Gasteiger partial charge in [-0.3, -0.25) is 4.79 Å². The number of nitrogens with zero attached hydrogens (tertiary/aromatic N) is 2. The summed E-state index contributed by atoms with van der Waals surface area (Å²) in [6.07, 6.45) is 0. The van der Waals surface area contributed by atoms with Crippen molar-refractivity contribution in [2.45, 2.75) is 19.4 Å². The van der Waals surface area contributed by atoms with Gasteiger partial charge in [0.1, 0.15) is 0 Å². The van der Waals surface area contributed by atoms with Crippen molar-refractivity contribution in [2.75, 3.05) is 31.1 Å². The molecule has 1 amide bonds. The third kappa shape index (κ3) is 3.28. The largest absolute Gasteiger partial charge is 0.372 e. The molecule has 0 aliphatic carbocycles. The number of hydrogen-bond donors (Lipinski definition) is 1. The Morgan fingerprint density at radius 2 is 1.85 bits per heavy atom. The van der Waals surface area contributed by atoms with Crippen molar-refractivity contribution in [3.8, 4) is 0 Å². The van der Waals surface area contributed by atoms with E-state index in [0.717, 1.165) is 25.2 Å². The summed E-state index contributed by atoms with van der Waals surface area (Å²) in [7, 11) is 0. The van der Waals surface area contributed by atoms with Gasteiger partial charge in [0, 0.05) is 28.7 Å². The highest BCUT2D eigenvalue weighted by atomic mass is 79.9. The van der Waals surface area contributed by atoms with Crippen molar-refractivity contribution in [3.05, 3.63) is 63.6 Å². The standard InChI is InChI=1S/C20H21BrF2N2O2/c1-3-24(4-2)10-11-25-17-7-5-6-14(21)18(17)20(27,19(25)26)13-8-9-15(22)16(23)12-13/h5-9,12,27H,3-4,10-11H2,1-2H3. The van der Waals surface area contributed by atoms with E-state index in [4.69, 9.17) is 0 Å². The van der Waals surface area contributed by atoms with Crippen LogP contribution in [-0.4, -0.2) is 42.1 Å². The van der Waals surface area contributed by atoms with E-state index >= 15 is 0 Å². The quantitative estimate of drug-likeness (QED) is 0.748. The number of halogens is 3. The molecule has 0 saturated carbocycles. The number of fused-ring (bicyclic) bond motifs is 1. The van der Waals surface area contributed by atoms with Gasteiger partial charge in [-0.05, 0) is 37.4 Å². The second kappa shape index (κ2) is 7.66. The second-order valence-electron chi connectivity index (χ2n) is 6.46. The maximum Gasteiger partial charge on any atom is 0.268 e. The van der Waals surface area contributed by atoms with Crippen LogP contribution in [-0.2, 0) is 10.4 Å². The predicted octanol–water partition coefficient (Wildman–Crippen LogP) is 3.65. The van der Waals surface area contributed by atoms with Crippen LogP contribution < -0.4 is 4.90 Å². The molecule has 0 bridgehead atoms. The summed E-state index contributed by atoms with van der Waals surface area (Å²) < 4.78 is 27.7. The molecule has 3 rings (SSSR count). The molecule has 27 heavy (non-hydrogen) atoms. The molecular weight excluding hydrogens is 418 g/mol. The van der Waals surface area contributed by atoms with E-state index < -0.39 is 23.1 Å². The summed E-state index contributed by atoms with van der Waals surface area (Å²) in [4.78, 5) is 16.9. The lowest BCUT2D eigenvalue weighted by Crippen LogP contribution is -2.44. The van der Waals surface area contributed by atoms with Gasteiger partial charge in [0.25, 0.3) is 5.91 Å². The molecule has 0 aromatic heterocycles. The summed E-state index contributed by atoms with van der Waals surface area (Å²) >= 11 is 3.40. The maximum absolute atomic E-state index is 13.8. The average molecular weight is 439 g/mol. The van der Waals surface area contributed by atoms with Gasteiger partial charge < -0.3 is 14.9 Å². The average Bonchev–Trinajstić information content (AvgIpc) is 2.88.